The molecule has 0 bridgehead atoms. The van der Waals surface area contributed by atoms with E-state index >= 15 is 0 Å². The zero-order valence-electron chi connectivity index (χ0n) is 8.25. The molecule has 0 aliphatic heterocycles. The lowest BCUT2D eigenvalue weighted by atomic mass is 10.0. The fourth-order valence-electron chi connectivity index (χ4n) is 1.47. The molecule has 1 aromatic heterocycles. The average Bonchev–Trinajstić information content (AvgIpc) is 2.57. The number of benzene rings is 1. The van der Waals surface area contributed by atoms with Crippen molar-refractivity contribution in [1.29, 1.82) is 0 Å². The molecule has 0 amide bonds. The Balaban J connectivity index is 2.51. The number of halogens is 4. The van der Waals surface area contributed by atoms with Crippen molar-refractivity contribution >= 4 is 34.5 Å². The number of aliphatic hydroxyl groups excluding tert-OH is 1. The molecular formula is C11H6Cl2F2OS. The van der Waals surface area contributed by atoms with Gasteiger partial charge in [0, 0.05) is 5.56 Å². The Morgan fingerprint density at radius 1 is 1.18 bits per heavy atom. The van der Waals surface area contributed by atoms with Crippen LogP contribution < -0.4 is 0 Å². The van der Waals surface area contributed by atoms with Crippen molar-refractivity contribution in [3.05, 3.63) is 55.7 Å². The van der Waals surface area contributed by atoms with Gasteiger partial charge in [-0.15, -0.1) is 11.3 Å². The SMILES string of the molecule is OC(c1cc(Cl)sc1Cl)c1c(F)cccc1F. The highest BCUT2D eigenvalue weighted by molar-refractivity contribution is 7.20. The first kappa shape index (κ1) is 12.8. The van der Waals surface area contributed by atoms with Gasteiger partial charge in [0.2, 0.25) is 0 Å². The maximum absolute atomic E-state index is 13.5. The van der Waals surface area contributed by atoms with Gasteiger partial charge in [0.25, 0.3) is 0 Å². The van der Waals surface area contributed by atoms with E-state index in [-0.39, 0.29) is 9.90 Å². The van der Waals surface area contributed by atoms with E-state index < -0.39 is 23.3 Å². The molecule has 90 valence electrons. The smallest absolute Gasteiger partial charge is 0.132 e. The summed E-state index contributed by atoms with van der Waals surface area (Å²) >= 11 is 12.6. The normalized spacial score (nSPS) is 12.8. The lowest BCUT2D eigenvalue weighted by molar-refractivity contribution is 0.209. The minimum atomic E-state index is -1.47. The van der Waals surface area contributed by atoms with E-state index in [0.29, 0.717) is 4.34 Å². The standard InChI is InChI=1S/C11H6Cl2F2OS/c12-8-4-5(11(13)17-8)10(16)9-6(14)2-1-3-7(9)15/h1-4,10,16H. The van der Waals surface area contributed by atoms with E-state index in [9.17, 15) is 13.9 Å². The summed E-state index contributed by atoms with van der Waals surface area (Å²) in [5.41, 5.74) is -0.227. The fourth-order valence-corrected chi connectivity index (χ4v) is 2.99. The predicted molar refractivity (Wildman–Crippen MR) is 64.8 cm³/mol. The molecule has 1 unspecified atom stereocenters. The van der Waals surface area contributed by atoms with E-state index in [4.69, 9.17) is 23.2 Å². The van der Waals surface area contributed by atoms with E-state index in [1.807, 2.05) is 0 Å². The van der Waals surface area contributed by atoms with Crippen LogP contribution in [0.5, 0.6) is 0 Å². The van der Waals surface area contributed by atoms with Gasteiger partial charge in [-0.1, -0.05) is 29.3 Å². The van der Waals surface area contributed by atoms with Crippen LogP contribution in [-0.2, 0) is 0 Å². The van der Waals surface area contributed by atoms with Crippen LogP contribution in [-0.4, -0.2) is 5.11 Å². The van der Waals surface area contributed by atoms with Gasteiger partial charge < -0.3 is 5.11 Å². The number of rotatable bonds is 2. The van der Waals surface area contributed by atoms with Crippen molar-refractivity contribution in [2.45, 2.75) is 6.10 Å². The molecular weight excluding hydrogens is 289 g/mol. The Morgan fingerprint density at radius 2 is 1.76 bits per heavy atom. The van der Waals surface area contributed by atoms with Crippen LogP contribution in [0.3, 0.4) is 0 Å². The first-order chi connectivity index (χ1) is 8.00. The molecule has 1 nitrogen and oxygen atoms in total. The largest absolute Gasteiger partial charge is 0.383 e. The van der Waals surface area contributed by atoms with Gasteiger partial charge in [0.05, 0.1) is 9.90 Å². The molecule has 0 saturated heterocycles. The van der Waals surface area contributed by atoms with Gasteiger partial charge in [-0.3, -0.25) is 0 Å². The summed E-state index contributed by atoms with van der Waals surface area (Å²) in [6.45, 7) is 0. The van der Waals surface area contributed by atoms with Crippen molar-refractivity contribution in [1.82, 2.24) is 0 Å². The second-order valence-corrected chi connectivity index (χ2v) is 5.60. The van der Waals surface area contributed by atoms with Gasteiger partial charge in [0.1, 0.15) is 22.1 Å². The molecule has 2 aromatic rings. The Kier molecular flexibility index (Phi) is 3.68. The van der Waals surface area contributed by atoms with Crippen molar-refractivity contribution in [2.75, 3.05) is 0 Å². The van der Waals surface area contributed by atoms with Crippen LogP contribution in [0.25, 0.3) is 0 Å². The lowest BCUT2D eigenvalue weighted by Crippen LogP contribution is -2.05. The number of thiophene rings is 1. The minimum absolute atomic E-state index is 0.200. The third-order valence-corrected chi connectivity index (χ3v) is 3.77. The molecule has 1 atom stereocenters. The molecule has 0 aliphatic carbocycles. The van der Waals surface area contributed by atoms with Crippen molar-refractivity contribution in [2.24, 2.45) is 0 Å². The molecule has 1 heterocycles. The van der Waals surface area contributed by atoms with E-state index in [1.54, 1.807) is 0 Å². The first-order valence-corrected chi connectivity index (χ1v) is 6.14. The minimum Gasteiger partial charge on any atom is -0.383 e. The average molecular weight is 295 g/mol. The Hall–Kier alpha value is -0.680. The molecule has 0 fully saturated rings. The third kappa shape index (κ3) is 2.45. The van der Waals surface area contributed by atoms with Gasteiger partial charge in [-0.2, -0.15) is 0 Å². The maximum Gasteiger partial charge on any atom is 0.132 e. The quantitative estimate of drug-likeness (QED) is 0.869. The highest BCUT2D eigenvalue weighted by atomic mass is 35.5. The molecule has 17 heavy (non-hydrogen) atoms. The number of aliphatic hydroxyl groups is 1. The molecule has 1 aromatic carbocycles. The molecule has 0 saturated carbocycles. The molecule has 6 heteroatoms. The maximum atomic E-state index is 13.5. The summed E-state index contributed by atoms with van der Waals surface area (Å²) in [5.74, 6) is -1.65. The molecule has 0 aliphatic rings. The van der Waals surface area contributed by atoms with Crippen molar-refractivity contribution in [3.8, 4) is 0 Å². The summed E-state index contributed by atoms with van der Waals surface area (Å²) in [5, 5.41) is 9.93. The van der Waals surface area contributed by atoms with Gasteiger partial charge in [-0.25, -0.2) is 8.78 Å². The first-order valence-electron chi connectivity index (χ1n) is 4.57. The molecule has 0 spiro atoms. The van der Waals surface area contributed by atoms with Crippen LogP contribution in [0.15, 0.2) is 24.3 Å². The predicted octanol–water partition coefficient (Wildman–Crippen LogP) is 4.41. The van der Waals surface area contributed by atoms with Crippen LogP contribution in [0, 0.1) is 11.6 Å². The zero-order chi connectivity index (χ0) is 12.6. The summed E-state index contributed by atoms with van der Waals surface area (Å²) in [6.07, 6.45) is -1.47. The number of hydrogen-bond donors (Lipinski definition) is 1. The fraction of sp³-hybridized carbons (Fsp3) is 0.0909. The topological polar surface area (TPSA) is 20.2 Å². The number of hydrogen-bond acceptors (Lipinski definition) is 2. The second-order valence-electron chi connectivity index (χ2n) is 3.32. The second kappa shape index (κ2) is 4.90. The molecule has 2 rings (SSSR count). The van der Waals surface area contributed by atoms with E-state index in [2.05, 4.69) is 0 Å². The molecule has 1 N–H and O–H groups in total. The third-order valence-electron chi connectivity index (χ3n) is 2.25. The summed E-state index contributed by atoms with van der Waals surface area (Å²) in [4.78, 5) is 0. The van der Waals surface area contributed by atoms with E-state index in [0.717, 1.165) is 23.5 Å². The van der Waals surface area contributed by atoms with Gasteiger partial charge in [0.15, 0.2) is 0 Å². The Bertz CT molecular complexity index is 536. The summed E-state index contributed by atoms with van der Waals surface area (Å²) in [7, 11) is 0. The summed E-state index contributed by atoms with van der Waals surface area (Å²) in [6, 6.07) is 4.77. The van der Waals surface area contributed by atoms with E-state index in [1.165, 1.54) is 12.1 Å². The highest BCUT2D eigenvalue weighted by Gasteiger charge is 2.23. The van der Waals surface area contributed by atoms with Crippen molar-refractivity contribution < 1.29 is 13.9 Å². The van der Waals surface area contributed by atoms with Crippen LogP contribution >= 0.6 is 34.5 Å². The Labute approximate surface area is 110 Å². The monoisotopic (exact) mass is 294 g/mol. The Morgan fingerprint density at radius 3 is 2.24 bits per heavy atom. The van der Waals surface area contributed by atoms with Crippen LogP contribution in [0.2, 0.25) is 8.67 Å². The van der Waals surface area contributed by atoms with Crippen LogP contribution in [0.4, 0.5) is 8.78 Å². The summed E-state index contributed by atoms with van der Waals surface area (Å²) < 4.78 is 27.5. The van der Waals surface area contributed by atoms with Crippen molar-refractivity contribution in [3.63, 3.8) is 0 Å². The zero-order valence-corrected chi connectivity index (χ0v) is 10.6. The highest BCUT2D eigenvalue weighted by Crippen LogP contribution is 2.38. The lowest BCUT2D eigenvalue weighted by Gasteiger charge is -2.12. The van der Waals surface area contributed by atoms with Gasteiger partial charge >= 0.3 is 0 Å². The van der Waals surface area contributed by atoms with Crippen LogP contribution in [0.1, 0.15) is 17.2 Å². The van der Waals surface area contributed by atoms with Gasteiger partial charge in [-0.05, 0) is 18.2 Å². The molecule has 0 radical (unpaired) electrons.